The number of amides is 2. The minimum Gasteiger partial charge on any atom is -0.308 e. The van der Waals surface area contributed by atoms with Crippen molar-refractivity contribution >= 4 is 17.4 Å². The van der Waals surface area contributed by atoms with Crippen LogP contribution in [0.5, 0.6) is 0 Å². The molecule has 2 amide bonds. The fourth-order valence-electron chi connectivity index (χ4n) is 2.90. The van der Waals surface area contributed by atoms with Crippen molar-refractivity contribution in [3.63, 3.8) is 0 Å². The number of benzene rings is 2. The molecule has 0 aliphatic carbocycles. The van der Waals surface area contributed by atoms with Gasteiger partial charge in [0.15, 0.2) is 0 Å². The maximum atomic E-state index is 12.8. The highest BCUT2D eigenvalue weighted by Gasteiger charge is 2.10. The molecule has 24 heavy (non-hydrogen) atoms. The van der Waals surface area contributed by atoms with Gasteiger partial charge in [0.25, 0.3) is 0 Å². The standard InChI is InChI=1S/C19H22FN3O/c20-16-6-10-18(11-7-16)22-19(24)21-17-8-4-15(5-9-17)14-23-12-2-1-3-13-23/h4-11H,1-3,12-14H2,(H2,21,22,24). The molecule has 0 spiro atoms. The number of likely N-dealkylation sites (tertiary alicyclic amines) is 1. The molecule has 0 atom stereocenters. The Hall–Kier alpha value is -2.40. The Bertz CT molecular complexity index is 664. The molecule has 1 fully saturated rings. The summed E-state index contributed by atoms with van der Waals surface area (Å²) in [7, 11) is 0. The number of urea groups is 1. The second kappa shape index (κ2) is 7.93. The lowest BCUT2D eigenvalue weighted by molar-refractivity contribution is 0.221. The number of halogens is 1. The molecule has 0 bridgehead atoms. The molecule has 3 rings (SSSR count). The molecule has 5 heteroatoms. The summed E-state index contributed by atoms with van der Waals surface area (Å²) in [5, 5.41) is 5.45. The molecular weight excluding hydrogens is 305 g/mol. The van der Waals surface area contributed by atoms with Crippen LogP contribution in [0.25, 0.3) is 0 Å². The van der Waals surface area contributed by atoms with Gasteiger partial charge in [-0.25, -0.2) is 9.18 Å². The van der Waals surface area contributed by atoms with Crippen molar-refractivity contribution in [1.82, 2.24) is 4.90 Å². The van der Waals surface area contributed by atoms with Gasteiger partial charge in [0.05, 0.1) is 0 Å². The summed E-state index contributed by atoms with van der Waals surface area (Å²) in [6, 6.07) is 13.2. The van der Waals surface area contributed by atoms with Gasteiger partial charge in [-0.3, -0.25) is 4.90 Å². The molecule has 1 aliphatic rings. The van der Waals surface area contributed by atoms with Crippen LogP contribution in [0, 0.1) is 5.82 Å². The zero-order valence-corrected chi connectivity index (χ0v) is 13.6. The van der Waals surface area contributed by atoms with Crippen LogP contribution in [-0.2, 0) is 6.54 Å². The Morgan fingerprint density at radius 1 is 0.875 bits per heavy atom. The van der Waals surface area contributed by atoms with E-state index in [1.165, 1.54) is 62.2 Å². The zero-order chi connectivity index (χ0) is 16.8. The zero-order valence-electron chi connectivity index (χ0n) is 13.6. The van der Waals surface area contributed by atoms with E-state index in [2.05, 4.69) is 15.5 Å². The van der Waals surface area contributed by atoms with Crippen molar-refractivity contribution < 1.29 is 9.18 Å². The Kier molecular flexibility index (Phi) is 5.43. The quantitative estimate of drug-likeness (QED) is 0.871. The highest BCUT2D eigenvalue weighted by molar-refractivity contribution is 5.99. The van der Waals surface area contributed by atoms with E-state index < -0.39 is 0 Å². The average Bonchev–Trinajstić information content (AvgIpc) is 2.60. The Labute approximate surface area is 141 Å². The molecule has 2 aromatic rings. The largest absolute Gasteiger partial charge is 0.323 e. The number of hydrogen-bond donors (Lipinski definition) is 2. The summed E-state index contributed by atoms with van der Waals surface area (Å²) in [4.78, 5) is 14.4. The normalized spacial score (nSPS) is 15.0. The molecule has 126 valence electrons. The van der Waals surface area contributed by atoms with E-state index >= 15 is 0 Å². The molecule has 4 nitrogen and oxygen atoms in total. The Morgan fingerprint density at radius 2 is 1.42 bits per heavy atom. The first-order valence-corrected chi connectivity index (χ1v) is 8.34. The molecule has 1 aliphatic heterocycles. The molecule has 0 unspecified atom stereocenters. The summed E-state index contributed by atoms with van der Waals surface area (Å²) in [6.45, 7) is 3.29. The van der Waals surface area contributed by atoms with Crippen molar-refractivity contribution in [3.8, 4) is 0 Å². The number of anilines is 2. The van der Waals surface area contributed by atoms with Gasteiger partial charge >= 0.3 is 6.03 Å². The minimum atomic E-state index is -0.342. The first-order chi connectivity index (χ1) is 11.7. The lowest BCUT2D eigenvalue weighted by Crippen LogP contribution is -2.29. The average molecular weight is 327 g/mol. The van der Waals surface area contributed by atoms with Crippen LogP contribution in [0.3, 0.4) is 0 Å². The van der Waals surface area contributed by atoms with Crippen molar-refractivity contribution in [2.75, 3.05) is 23.7 Å². The monoisotopic (exact) mass is 327 g/mol. The van der Waals surface area contributed by atoms with Crippen LogP contribution in [0.1, 0.15) is 24.8 Å². The van der Waals surface area contributed by atoms with Crippen LogP contribution < -0.4 is 10.6 Å². The third kappa shape index (κ3) is 4.80. The summed E-state index contributed by atoms with van der Waals surface area (Å²) in [6.07, 6.45) is 3.90. The molecule has 2 aromatic carbocycles. The Morgan fingerprint density at radius 3 is 2.00 bits per heavy atom. The van der Waals surface area contributed by atoms with E-state index in [-0.39, 0.29) is 11.8 Å². The molecule has 2 N–H and O–H groups in total. The summed E-state index contributed by atoms with van der Waals surface area (Å²) >= 11 is 0. The highest BCUT2D eigenvalue weighted by Crippen LogP contribution is 2.16. The number of nitrogens with zero attached hydrogens (tertiary/aromatic N) is 1. The molecule has 0 saturated carbocycles. The third-order valence-corrected chi connectivity index (χ3v) is 4.17. The van der Waals surface area contributed by atoms with E-state index in [0.29, 0.717) is 5.69 Å². The number of carbonyl (C=O) groups is 1. The predicted octanol–water partition coefficient (Wildman–Crippen LogP) is 4.46. The van der Waals surface area contributed by atoms with Gasteiger partial charge in [-0.05, 0) is 67.9 Å². The lowest BCUT2D eigenvalue weighted by Gasteiger charge is -2.26. The van der Waals surface area contributed by atoms with Crippen molar-refractivity contribution in [1.29, 1.82) is 0 Å². The number of nitrogens with one attached hydrogen (secondary N) is 2. The van der Waals surface area contributed by atoms with Gasteiger partial charge < -0.3 is 10.6 Å². The summed E-state index contributed by atoms with van der Waals surface area (Å²) in [5.41, 5.74) is 2.54. The molecular formula is C19H22FN3O. The maximum absolute atomic E-state index is 12.8. The highest BCUT2D eigenvalue weighted by atomic mass is 19.1. The van der Waals surface area contributed by atoms with Crippen LogP contribution in [0.4, 0.5) is 20.6 Å². The van der Waals surface area contributed by atoms with Crippen LogP contribution in [0.15, 0.2) is 48.5 Å². The smallest absolute Gasteiger partial charge is 0.308 e. The van der Waals surface area contributed by atoms with Gasteiger partial charge in [-0.2, -0.15) is 0 Å². The topological polar surface area (TPSA) is 44.4 Å². The van der Waals surface area contributed by atoms with Gasteiger partial charge in [0, 0.05) is 17.9 Å². The lowest BCUT2D eigenvalue weighted by atomic mass is 10.1. The van der Waals surface area contributed by atoms with E-state index in [1.54, 1.807) is 0 Å². The molecule has 1 heterocycles. The number of hydrogen-bond acceptors (Lipinski definition) is 2. The van der Waals surface area contributed by atoms with Crippen LogP contribution in [-0.4, -0.2) is 24.0 Å². The van der Waals surface area contributed by atoms with Crippen molar-refractivity contribution in [3.05, 3.63) is 59.9 Å². The molecule has 1 saturated heterocycles. The second-order valence-electron chi connectivity index (χ2n) is 6.12. The molecule has 0 radical (unpaired) electrons. The second-order valence-corrected chi connectivity index (χ2v) is 6.12. The van der Waals surface area contributed by atoms with Gasteiger partial charge in [0.1, 0.15) is 5.82 Å². The minimum absolute atomic E-state index is 0.328. The fraction of sp³-hybridized carbons (Fsp3) is 0.316. The number of rotatable bonds is 4. The first-order valence-electron chi connectivity index (χ1n) is 8.34. The van der Waals surface area contributed by atoms with Gasteiger partial charge in [-0.15, -0.1) is 0 Å². The summed E-state index contributed by atoms with van der Waals surface area (Å²) in [5.74, 6) is -0.328. The number of piperidine rings is 1. The van der Waals surface area contributed by atoms with E-state index in [9.17, 15) is 9.18 Å². The van der Waals surface area contributed by atoms with Gasteiger partial charge in [0.2, 0.25) is 0 Å². The summed E-state index contributed by atoms with van der Waals surface area (Å²) < 4.78 is 12.8. The van der Waals surface area contributed by atoms with Crippen molar-refractivity contribution in [2.24, 2.45) is 0 Å². The maximum Gasteiger partial charge on any atom is 0.323 e. The SMILES string of the molecule is O=C(Nc1ccc(F)cc1)Nc1ccc(CN2CCCCC2)cc1. The fourth-order valence-corrected chi connectivity index (χ4v) is 2.90. The van der Waals surface area contributed by atoms with Crippen LogP contribution in [0.2, 0.25) is 0 Å². The van der Waals surface area contributed by atoms with Gasteiger partial charge in [-0.1, -0.05) is 18.6 Å². The van der Waals surface area contributed by atoms with E-state index in [0.717, 1.165) is 12.2 Å². The Balaban J connectivity index is 1.51. The van der Waals surface area contributed by atoms with Crippen molar-refractivity contribution in [2.45, 2.75) is 25.8 Å². The van der Waals surface area contributed by atoms with E-state index in [4.69, 9.17) is 0 Å². The third-order valence-electron chi connectivity index (χ3n) is 4.17. The predicted molar refractivity (Wildman–Crippen MR) is 94.6 cm³/mol. The number of carbonyl (C=O) groups excluding carboxylic acids is 1. The van der Waals surface area contributed by atoms with E-state index in [1.807, 2.05) is 24.3 Å². The van der Waals surface area contributed by atoms with Crippen LogP contribution >= 0.6 is 0 Å². The molecule has 0 aromatic heterocycles. The first kappa shape index (κ1) is 16.5.